The Bertz CT molecular complexity index is 1110. The predicted octanol–water partition coefficient (Wildman–Crippen LogP) is 3.46. The molecule has 2 aliphatic rings. The highest BCUT2D eigenvalue weighted by molar-refractivity contribution is 6.22. The van der Waals surface area contributed by atoms with Crippen LogP contribution in [0.4, 0.5) is 5.69 Å². The number of rotatable bonds is 4. The summed E-state index contributed by atoms with van der Waals surface area (Å²) < 4.78 is 11.1. The number of para-hydroxylation sites is 1. The van der Waals surface area contributed by atoms with Crippen LogP contribution >= 0.6 is 0 Å². The minimum atomic E-state index is -0.422. The van der Waals surface area contributed by atoms with Crippen molar-refractivity contribution in [2.75, 3.05) is 18.5 Å². The molecule has 0 bridgehead atoms. The first-order valence-electron chi connectivity index (χ1n) is 9.52. The summed E-state index contributed by atoms with van der Waals surface area (Å²) in [6.45, 7) is 0.916. The minimum absolute atomic E-state index is 0.107. The zero-order valence-electron chi connectivity index (χ0n) is 15.5. The van der Waals surface area contributed by atoms with E-state index in [0.29, 0.717) is 23.4 Å². The van der Waals surface area contributed by atoms with Crippen LogP contribution in [0.15, 0.2) is 52.9 Å². The number of hydrogen-bond acceptors (Lipinski definition) is 5. The zero-order valence-corrected chi connectivity index (χ0v) is 15.5. The number of carbonyl (C=O) groups is 3. The summed E-state index contributed by atoms with van der Waals surface area (Å²) in [6.07, 6.45) is 1.67. The molecule has 1 unspecified atom stereocenters. The number of anilines is 1. The van der Waals surface area contributed by atoms with Crippen LogP contribution in [-0.4, -0.2) is 41.9 Å². The molecule has 0 radical (unpaired) electrons. The van der Waals surface area contributed by atoms with Crippen LogP contribution in [-0.2, 0) is 4.74 Å². The monoisotopic (exact) mass is 390 g/mol. The van der Waals surface area contributed by atoms with Gasteiger partial charge in [0.2, 0.25) is 0 Å². The van der Waals surface area contributed by atoms with E-state index >= 15 is 0 Å². The molecule has 3 heterocycles. The fraction of sp³-hybridized carbons (Fsp3) is 0.227. The Hall–Kier alpha value is -3.45. The highest BCUT2D eigenvalue weighted by Crippen LogP contribution is 2.28. The first kappa shape index (κ1) is 17.6. The van der Waals surface area contributed by atoms with Crippen molar-refractivity contribution in [3.05, 3.63) is 65.4 Å². The van der Waals surface area contributed by atoms with Gasteiger partial charge >= 0.3 is 0 Å². The standard InChI is InChI=1S/C22H18N2O5/c25-20(19-10-13-4-1-2-6-18(13)29-19)23-14-7-8-16-17(11-14)22(27)24(21(16)26)12-15-5-3-9-28-15/h1-2,4,6-8,10-11,15H,3,5,9,12H2,(H,23,25). The van der Waals surface area contributed by atoms with Crippen molar-refractivity contribution < 1.29 is 23.5 Å². The summed E-state index contributed by atoms with van der Waals surface area (Å²) in [5.74, 6) is -0.931. The van der Waals surface area contributed by atoms with Gasteiger partial charge in [-0.1, -0.05) is 18.2 Å². The highest BCUT2D eigenvalue weighted by Gasteiger charge is 2.37. The molecule has 7 heteroatoms. The molecule has 1 atom stereocenters. The third kappa shape index (κ3) is 3.09. The Morgan fingerprint density at radius 1 is 1.07 bits per heavy atom. The van der Waals surface area contributed by atoms with E-state index in [0.717, 1.165) is 18.2 Å². The number of furan rings is 1. The molecule has 7 nitrogen and oxygen atoms in total. The van der Waals surface area contributed by atoms with Gasteiger partial charge in [0, 0.05) is 17.7 Å². The zero-order chi connectivity index (χ0) is 20.0. The second-order valence-corrected chi connectivity index (χ2v) is 7.22. The van der Waals surface area contributed by atoms with Crippen LogP contribution in [0.3, 0.4) is 0 Å². The van der Waals surface area contributed by atoms with Gasteiger partial charge < -0.3 is 14.5 Å². The highest BCUT2D eigenvalue weighted by atomic mass is 16.5. The van der Waals surface area contributed by atoms with Crippen molar-refractivity contribution in [3.63, 3.8) is 0 Å². The largest absolute Gasteiger partial charge is 0.451 e. The maximum atomic E-state index is 12.7. The number of fused-ring (bicyclic) bond motifs is 2. The van der Waals surface area contributed by atoms with Crippen molar-refractivity contribution in [2.45, 2.75) is 18.9 Å². The summed E-state index contributed by atoms with van der Waals surface area (Å²) in [7, 11) is 0. The van der Waals surface area contributed by atoms with Crippen LogP contribution in [0.25, 0.3) is 11.0 Å². The van der Waals surface area contributed by atoms with Crippen molar-refractivity contribution >= 4 is 34.4 Å². The third-order valence-electron chi connectivity index (χ3n) is 5.29. The van der Waals surface area contributed by atoms with Crippen LogP contribution in [0.2, 0.25) is 0 Å². The molecule has 3 amide bonds. The summed E-state index contributed by atoms with van der Waals surface area (Å²) in [4.78, 5) is 39.1. The van der Waals surface area contributed by atoms with Crippen molar-refractivity contribution in [1.29, 1.82) is 0 Å². The number of hydrogen-bond donors (Lipinski definition) is 1. The quantitative estimate of drug-likeness (QED) is 0.689. The fourth-order valence-corrected chi connectivity index (χ4v) is 3.81. The Balaban J connectivity index is 1.36. The van der Waals surface area contributed by atoms with Gasteiger partial charge in [0.15, 0.2) is 5.76 Å². The molecule has 0 spiro atoms. The molecule has 1 fully saturated rings. The Kier molecular flexibility index (Phi) is 4.17. The van der Waals surface area contributed by atoms with Crippen LogP contribution in [0.1, 0.15) is 44.1 Å². The number of imide groups is 1. The molecular weight excluding hydrogens is 372 g/mol. The van der Waals surface area contributed by atoms with E-state index in [-0.39, 0.29) is 35.8 Å². The van der Waals surface area contributed by atoms with Gasteiger partial charge in [-0.2, -0.15) is 0 Å². The molecule has 2 aliphatic heterocycles. The van der Waals surface area contributed by atoms with Gasteiger partial charge in [-0.15, -0.1) is 0 Å². The van der Waals surface area contributed by atoms with Crippen molar-refractivity contribution in [2.24, 2.45) is 0 Å². The van der Waals surface area contributed by atoms with E-state index in [2.05, 4.69) is 5.32 Å². The Morgan fingerprint density at radius 3 is 2.69 bits per heavy atom. The molecule has 1 saturated heterocycles. The number of nitrogens with zero attached hydrogens (tertiary/aromatic N) is 1. The smallest absolute Gasteiger partial charge is 0.291 e. The van der Waals surface area contributed by atoms with E-state index in [1.807, 2.05) is 18.2 Å². The van der Waals surface area contributed by atoms with E-state index in [9.17, 15) is 14.4 Å². The van der Waals surface area contributed by atoms with E-state index in [1.54, 1.807) is 24.3 Å². The van der Waals surface area contributed by atoms with E-state index < -0.39 is 5.91 Å². The average molecular weight is 390 g/mol. The number of amides is 3. The van der Waals surface area contributed by atoms with Gasteiger partial charge in [0.1, 0.15) is 5.58 Å². The number of ether oxygens (including phenoxy) is 1. The Morgan fingerprint density at radius 2 is 1.90 bits per heavy atom. The molecule has 0 saturated carbocycles. The first-order valence-corrected chi connectivity index (χ1v) is 9.52. The average Bonchev–Trinajstić information content (AvgIpc) is 3.44. The molecule has 1 aromatic heterocycles. The number of nitrogens with one attached hydrogen (secondary N) is 1. The van der Waals surface area contributed by atoms with Crippen LogP contribution in [0.5, 0.6) is 0 Å². The lowest BCUT2D eigenvalue weighted by atomic mass is 10.1. The SMILES string of the molecule is O=C(Nc1ccc2c(c1)C(=O)N(CC1CCCO1)C2=O)c1cc2ccccc2o1. The summed E-state index contributed by atoms with van der Waals surface area (Å²) in [6, 6.07) is 13.7. The number of benzene rings is 2. The van der Waals surface area contributed by atoms with Gasteiger partial charge in [-0.3, -0.25) is 19.3 Å². The predicted molar refractivity (Wildman–Crippen MR) is 105 cm³/mol. The van der Waals surface area contributed by atoms with Crippen molar-refractivity contribution in [1.82, 2.24) is 4.90 Å². The fourth-order valence-electron chi connectivity index (χ4n) is 3.81. The molecule has 2 aromatic carbocycles. The normalized spacial score (nSPS) is 18.5. The molecular formula is C22H18N2O5. The van der Waals surface area contributed by atoms with Crippen LogP contribution in [0, 0.1) is 0 Å². The molecule has 3 aromatic rings. The molecule has 5 rings (SSSR count). The lowest BCUT2D eigenvalue weighted by Gasteiger charge is -2.17. The van der Waals surface area contributed by atoms with E-state index in [4.69, 9.17) is 9.15 Å². The Labute approximate surface area is 166 Å². The topological polar surface area (TPSA) is 88.9 Å². The van der Waals surface area contributed by atoms with Gasteiger partial charge in [0.05, 0.1) is 23.8 Å². The van der Waals surface area contributed by atoms with Crippen molar-refractivity contribution in [3.8, 4) is 0 Å². The van der Waals surface area contributed by atoms with E-state index in [1.165, 1.54) is 11.0 Å². The summed E-state index contributed by atoms with van der Waals surface area (Å²) in [5, 5.41) is 3.56. The van der Waals surface area contributed by atoms with Gasteiger partial charge in [-0.05, 0) is 43.2 Å². The second-order valence-electron chi connectivity index (χ2n) is 7.22. The summed E-state index contributed by atoms with van der Waals surface area (Å²) in [5.41, 5.74) is 1.68. The van der Waals surface area contributed by atoms with Crippen LogP contribution < -0.4 is 5.32 Å². The lowest BCUT2D eigenvalue weighted by Crippen LogP contribution is -2.36. The molecule has 29 heavy (non-hydrogen) atoms. The third-order valence-corrected chi connectivity index (χ3v) is 5.29. The lowest BCUT2D eigenvalue weighted by molar-refractivity contribution is 0.0475. The molecule has 0 aliphatic carbocycles. The maximum Gasteiger partial charge on any atom is 0.291 e. The second kappa shape index (κ2) is 6.86. The minimum Gasteiger partial charge on any atom is -0.451 e. The maximum absolute atomic E-state index is 12.7. The van der Waals surface area contributed by atoms with Gasteiger partial charge in [-0.25, -0.2) is 0 Å². The summed E-state index contributed by atoms with van der Waals surface area (Å²) >= 11 is 0. The first-order chi connectivity index (χ1) is 14.1. The number of carbonyl (C=O) groups excluding carboxylic acids is 3. The van der Waals surface area contributed by atoms with Gasteiger partial charge in [0.25, 0.3) is 17.7 Å². The molecule has 146 valence electrons. The molecule has 1 N–H and O–H groups in total.